The van der Waals surface area contributed by atoms with Gasteiger partial charge in [-0.2, -0.15) is 5.10 Å². The van der Waals surface area contributed by atoms with E-state index in [9.17, 15) is 5.11 Å². The van der Waals surface area contributed by atoms with Crippen LogP contribution in [0.25, 0.3) is 16.7 Å². The molecule has 180 valence electrons. The number of rotatable bonds is 7. The van der Waals surface area contributed by atoms with Crippen molar-refractivity contribution in [1.82, 2.24) is 19.7 Å². The van der Waals surface area contributed by atoms with Gasteiger partial charge in [-0.1, -0.05) is 6.42 Å². The maximum atomic E-state index is 15.1. The molecule has 2 N–H and O–H groups in total. The van der Waals surface area contributed by atoms with Gasteiger partial charge in [-0.3, -0.25) is 0 Å². The van der Waals surface area contributed by atoms with Crippen LogP contribution in [0.1, 0.15) is 71.3 Å². The van der Waals surface area contributed by atoms with Crippen molar-refractivity contribution < 1.29 is 9.50 Å². The van der Waals surface area contributed by atoms with Crippen molar-refractivity contribution in [3.05, 3.63) is 42.1 Å². The van der Waals surface area contributed by atoms with Crippen molar-refractivity contribution in [3.63, 3.8) is 0 Å². The Kier molecular flexibility index (Phi) is 5.67. The molecule has 1 saturated heterocycles. The Morgan fingerprint density at radius 2 is 1.97 bits per heavy atom. The lowest BCUT2D eigenvalue weighted by Gasteiger charge is -2.42. The van der Waals surface area contributed by atoms with Gasteiger partial charge in [0.05, 0.1) is 22.7 Å². The Bertz CT molecular complexity index is 1230. The average molecular weight is 465 g/mol. The number of nitrogens with zero attached hydrogens (tertiary/aromatic N) is 5. The Morgan fingerprint density at radius 1 is 1.21 bits per heavy atom. The quantitative estimate of drug-likeness (QED) is 0.484. The van der Waals surface area contributed by atoms with Gasteiger partial charge in [0.2, 0.25) is 0 Å². The molecule has 2 aliphatic rings. The van der Waals surface area contributed by atoms with E-state index in [4.69, 9.17) is 5.41 Å². The summed E-state index contributed by atoms with van der Waals surface area (Å²) in [5.74, 6) is 1.11. The van der Waals surface area contributed by atoms with Gasteiger partial charge >= 0.3 is 0 Å². The van der Waals surface area contributed by atoms with E-state index in [1.54, 1.807) is 23.3 Å². The molecule has 1 aliphatic heterocycles. The maximum absolute atomic E-state index is 15.1. The maximum Gasteiger partial charge on any atom is 0.159 e. The van der Waals surface area contributed by atoms with Crippen molar-refractivity contribution in [2.45, 2.75) is 82.8 Å². The molecular weight excluding hydrogens is 431 g/mol. The number of fused-ring (bicyclic) bond motifs is 1. The van der Waals surface area contributed by atoms with Gasteiger partial charge in [-0.15, -0.1) is 0 Å². The first-order valence-electron chi connectivity index (χ1n) is 12.2. The standard InChI is InChI=1S/C26H33FN6O/c1-17(28)26(8-5-9-26)18-12-21(27)20-15-31-33(22(20)13-18)24-14-23(29-16-30-24)32-11-4-6-19(32)7-10-25(2,3)34/h12-16,19,28,34H,4-11H2,1-3H3. The summed E-state index contributed by atoms with van der Waals surface area (Å²) >= 11 is 0. The third-order valence-corrected chi connectivity index (χ3v) is 7.73. The molecule has 2 fully saturated rings. The number of aliphatic hydroxyl groups is 1. The molecular formula is C26H33FN6O. The molecule has 8 heteroatoms. The van der Waals surface area contributed by atoms with Crippen LogP contribution in [-0.4, -0.2) is 48.8 Å². The fourth-order valence-electron chi connectivity index (χ4n) is 5.52. The van der Waals surface area contributed by atoms with Crippen molar-refractivity contribution in [1.29, 1.82) is 5.41 Å². The summed E-state index contributed by atoms with van der Waals surface area (Å²) in [7, 11) is 0. The SMILES string of the molecule is CC(=N)C1(c2cc(F)c3cnn(-c4cc(N5CCCC5CCC(C)(C)O)ncn4)c3c2)CCC1. The topological polar surface area (TPSA) is 90.9 Å². The molecule has 1 aromatic carbocycles. The number of hydrogen-bond donors (Lipinski definition) is 2. The monoisotopic (exact) mass is 464 g/mol. The number of nitrogens with one attached hydrogen (secondary N) is 1. The molecule has 1 saturated carbocycles. The Morgan fingerprint density at radius 3 is 2.65 bits per heavy atom. The number of benzene rings is 1. The summed E-state index contributed by atoms with van der Waals surface area (Å²) in [4.78, 5) is 11.3. The highest BCUT2D eigenvalue weighted by atomic mass is 19.1. The molecule has 1 aliphatic carbocycles. The first-order valence-corrected chi connectivity index (χ1v) is 12.2. The Labute approximate surface area is 199 Å². The van der Waals surface area contributed by atoms with Crippen LogP contribution in [0.5, 0.6) is 0 Å². The van der Waals surface area contributed by atoms with Gasteiger partial charge in [-0.25, -0.2) is 19.0 Å². The molecule has 0 bridgehead atoms. The molecule has 7 nitrogen and oxygen atoms in total. The van der Waals surface area contributed by atoms with Crippen LogP contribution in [0.15, 0.2) is 30.7 Å². The zero-order valence-electron chi connectivity index (χ0n) is 20.2. The molecule has 1 atom stereocenters. The van der Waals surface area contributed by atoms with Crippen LogP contribution in [0.2, 0.25) is 0 Å². The van der Waals surface area contributed by atoms with E-state index < -0.39 is 5.60 Å². The third-order valence-electron chi connectivity index (χ3n) is 7.73. The fraction of sp³-hybridized carbons (Fsp3) is 0.538. The molecule has 2 aromatic heterocycles. The molecule has 1 unspecified atom stereocenters. The lowest BCUT2D eigenvalue weighted by Crippen LogP contribution is -2.40. The number of hydrogen-bond acceptors (Lipinski definition) is 6. The zero-order chi connectivity index (χ0) is 24.1. The molecule has 34 heavy (non-hydrogen) atoms. The van der Waals surface area contributed by atoms with E-state index in [0.29, 0.717) is 28.5 Å². The minimum Gasteiger partial charge on any atom is -0.390 e. The van der Waals surface area contributed by atoms with E-state index in [1.165, 1.54) is 0 Å². The highest BCUT2D eigenvalue weighted by Gasteiger charge is 2.41. The van der Waals surface area contributed by atoms with Crippen molar-refractivity contribution in [3.8, 4) is 5.82 Å². The minimum absolute atomic E-state index is 0.313. The Hall–Kier alpha value is -2.87. The van der Waals surface area contributed by atoms with Crippen LogP contribution in [0.4, 0.5) is 10.2 Å². The van der Waals surface area contributed by atoms with E-state index in [-0.39, 0.29) is 11.2 Å². The molecule has 5 rings (SSSR count). The predicted octanol–water partition coefficient (Wildman–Crippen LogP) is 4.94. The van der Waals surface area contributed by atoms with Gasteiger partial charge in [0, 0.05) is 29.8 Å². The largest absolute Gasteiger partial charge is 0.390 e. The molecule has 3 aromatic rings. The first-order chi connectivity index (χ1) is 16.2. The second-order valence-electron chi connectivity index (χ2n) is 10.6. The predicted molar refractivity (Wildman–Crippen MR) is 131 cm³/mol. The second kappa shape index (κ2) is 8.41. The summed E-state index contributed by atoms with van der Waals surface area (Å²) < 4.78 is 16.8. The number of halogens is 1. The summed E-state index contributed by atoms with van der Waals surface area (Å²) in [5.41, 5.74) is 1.03. The van der Waals surface area contributed by atoms with E-state index >= 15 is 4.39 Å². The summed E-state index contributed by atoms with van der Waals surface area (Å²) in [5, 5.41) is 23.4. The minimum atomic E-state index is -0.687. The van der Waals surface area contributed by atoms with E-state index in [1.807, 2.05) is 32.9 Å². The Balaban J connectivity index is 1.50. The van der Waals surface area contributed by atoms with Crippen LogP contribution in [-0.2, 0) is 5.41 Å². The van der Waals surface area contributed by atoms with Gasteiger partial charge in [0.1, 0.15) is 18.0 Å². The van der Waals surface area contributed by atoms with Crippen LogP contribution in [0, 0.1) is 11.2 Å². The van der Waals surface area contributed by atoms with Crippen LogP contribution < -0.4 is 4.90 Å². The van der Waals surface area contributed by atoms with E-state index in [2.05, 4.69) is 20.0 Å². The molecule has 3 heterocycles. The summed E-state index contributed by atoms with van der Waals surface area (Å²) in [6.45, 7) is 6.42. The highest BCUT2D eigenvalue weighted by Crippen LogP contribution is 2.45. The van der Waals surface area contributed by atoms with Crippen molar-refractivity contribution >= 4 is 22.4 Å². The van der Waals surface area contributed by atoms with Gasteiger partial charge in [0.25, 0.3) is 0 Å². The van der Waals surface area contributed by atoms with E-state index in [0.717, 1.165) is 62.9 Å². The van der Waals surface area contributed by atoms with Gasteiger partial charge in [0.15, 0.2) is 5.82 Å². The smallest absolute Gasteiger partial charge is 0.159 e. The first kappa shape index (κ1) is 22.9. The summed E-state index contributed by atoms with van der Waals surface area (Å²) in [6.07, 6.45) is 9.66. The van der Waals surface area contributed by atoms with Crippen LogP contribution >= 0.6 is 0 Å². The highest BCUT2D eigenvalue weighted by molar-refractivity contribution is 5.93. The molecule has 0 spiro atoms. The average Bonchev–Trinajstić information content (AvgIpc) is 3.38. The number of anilines is 1. The lowest BCUT2D eigenvalue weighted by atomic mass is 9.62. The normalized spacial score (nSPS) is 20.0. The third kappa shape index (κ3) is 3.98. The fourth-order valence-corrected chi connectivity index (χ4v) is 5.52. The van der Waals surface area contributed by atoms with Gasteiger partial charge < -0.3 is 15.4 Å². The van der Waals surface area contributed by atoms with Crippen molar-refractivity contribution in [2.24, 2.45) is 0 Å². The van der Waals surface area contributed by atoms with Gasteiger partial charge in [-0.05, 0) is 77.0 Å². The second-order valence-corrected chi connectivity index (χ2v) is 10.6. The molecule has 0 amide bonds. The zero-order valence-corrected chi connectivity index (χ0v) is 20.2. The summed E-state index contributed by atoms with van der Waals surface area (Å²) in [6, 6.07) is 5.79. The number of aromatic nitrogens is 4. The van der Waals surface area contributed by atoms with Crippen molar-refractivity contribution in [2.75, 3.05) is 11.4 Å². The van der Waals surface area contributed by atoms with Crippen LogP contribution in [0.3, 0.4) is 0 Å². The lowest BCUT2D eigenvalue weighted by molar-refractivity contribution is 0.0668. The molecule has 0 radical (unpaired) electrons.